The van der Waals surface area contributed by atoms with E-state index in [1.807, 2.05) is 0 Å². The Morgan fingerprint density at radius 1 is 0.578 bits per heavy atom. The Morgan fingerprint density at radius 2 is 0.956 bits per heavy atom. The van der Waals surface area contributed by atoms with Crippen LogP contribution in [0.25, 0.3) is 0 Å². The maximum atomic E-state index is 13.0. The van der Waals surface area contributed by atoms with E-state index in [2.05, 4.69) is 54.2 Å². The summed E-state index contributed by atoms with van der Waals surface area (Å²) in [7, 11) is 0. The molecular formula is C39H72N4O2. The Balaban J connectivity index is 0.981. The van der Waals surface area contributed by atoms with Crippen LogP contribution in [-0.2, 0) is 9.59 Å². The summed E-state index contributed by atoms with van der Waals surface area (Å²) in [6, 6.07) is 0.711. The van der Waals surface area contributed by atoms with Crippen molar-refractivity contribution in [2.75, 3.05) is 58.9 Å². The quantitative estimate of drug-likeness (QED) is 0.197. The van der Waals surface area contributed by atoms with Gasteiger partial charge >= 0.3 is 0 Å². The number of carbonyl (C=O) groups excluding carboxylic acids is 2. The van der Waals surface area contributed by atoms with E-state index in [-0.39, 0.29) is 5.41 Å². The van der Waals surface area contributed by atoms with Gasteiger partial charge in [0.05, 0.1) is 0 Å². The fraction of sp³-hybridized carbons (Fsp3) is 0.949. The zero-order valence-electron chi connectivity index (χ0n) is 30.4. The van der Waals surface area contributed by atoms with Gasteiger partial charge in [-0.2, -0.15) is 0 Å². The normalized spacial score (nSPS) is 22.9. The van der Waals surface area contributed by atoms with Crippen LogP contribution in [0.4, 0.5) is 0 Å². The summed E-state index contributed by atoms with van der Waals surface area (Å²) >= 11 is 0. The predicted molar refractivity (Wildman–Crippen MR) is 188 cm³/mol. The monoisotopic (exact) mass is 629 g/mol. The molecule has 4 rings (SSSR count). The van der Waals surface area contributed by atoms with Gasteiger partial charge in [-0.3, -0.25) is 9.59 Å². The average Bonchev–Trinajstić information content (AvgIpc) is 3.03. The molecule has 0 aliphatic carbocycles. The molecule has 0 aromatic carbocycles. The van der Waals surface area contributed by atoms with Gasteiger partial charge in [-0.1, -0.05) is 59.3 Å². The predicted octanol–water partition coefficient (Wildman–Crippen LogP) is 7.85. The minimum Gasteiger partial charge on any atom is -0.343 e. The molecule has 45 heavy (non-hydrogen) atoms. The maximum Gasteiger partial charge on any atom is 0.223 e. The van der Waals surface area contributed by atoms with Crippen molar-refractivity contribution in [2.45, 2.75) is 150 Å². The van der Waals surface area contributed by atoms with Crippen molar-refractivity contribution in [3.8, 4) is 0 Å². The van der Waals surface area contributed by atoms with Gasteiger partial charge in [0.2, 0.25) is 11.8 Å². The summed E-state index contributed by atoms with van der Waals surface area (Å²) in [6.07, 6.45) is 20.9. The Bertz CT molecular complexity index is 853. The molecule has 0 bridgehead atoms. The first-order valence-electron chi connectivity index (χ1n) is 19.6. The third-order valence-corrected chi connectivity index (χ3v) is 12.2. The summed E-state index contributed by atoms with van der Waals surface area (Å²) < 4.78 is 0. The van der Waals surface area contributed by atoms with Crippen molar-refractivity contribution in [2.24, 2.45) is 29.1 Å². The topological polar surface area (TPSA) is 47.1 Å². The van der Waals surface area contributed by atoms with Crippen LogP contribution < -0.4 is 0 Å². The first kappa shape index (κ1) is 36.7. The lowest BCUT2D eigenvalue weighted by Crippen LogP contribution is -2.41. The summed E-state index contributed by atoms with van der Waals surface area (Å²) in [4.78, 5) is 35.1. The zero-order chi connectivity index (χ0) is 32.2. The molecule has 0 spiro atoms. The Hall–Kier alpha value is -1.14. The fourth-order valence-electron chi connectivity index (χ4n) is 8.64. The molecule has 0 radical (unpaired) electrons. The second kappa shape index (κ2) is 18.4. The summed E-state index contributed by atoms with van der Waals surface area (Å²) in [5.41, 5.74) is 0.236. The molecule has 260 valence electrons. The molecule has 4 fully saturated rings. The fourth-order valence-corrected chi connectivity index (χ4v) is 8.64. The largest absolute Gasteiger partial charge is 0.343 e. The number of carbonyl (C=O) groups is 2. The van der Waals surface area contributed by atoms with E-state index in [4.69, 9.17) is 0 Å². The van der Waals surface area contributed by atoms with Crippen LogP contribution in [0, 0.1) is 29.1 Å². The number of hydrogen-bond donors (Lipinski definition) is 0. The van der Waals surface area contributed by atoms with E-state index in [0.717, 1.165) is 62.8 Å². The first-order chi connectivity index (χ1) is 21.6. The number of piperidine rings is 4. The van der Waals surface area contributed by atoms with Gasteiger partial charge in [0, 0.05) is 51.6 Å². The molecule has 0 saturated carbocycles. The second-order valence-corrected chi connectivity index (χ2v) is 17.2. The van der Waals surface area contributed by atoms with Crippen molar-refractivity contribution < 1.29 is 9.59 Å². The standard InChI is InChI=1S/C39H72N4O2/c1-32(2)41-26-15-34(16-27-41)9-6-8-33-13-23-40(24-14-33)25-21-38(45)43-30-19-36(20-31-43)11-7-10-35-17-28-42(29-18-35)37(44)12-22-39(3,4)5/h32-36H,6-31H2,1-5H3. The number of amides is 2. The first-order valence-corrected chi connectivity index (χ1v) is 19.6. The van der Waals surface area contributed by atoms with Gasteiger partial charge in [0.1, 0.15) is 0 Å². The Morgan fingerprint density at radius 3 is 1.36 bits per heavy atom. The summed E-state index contributed by atoms with van der Waals surface area (Å²) in [5, 5.41) is 0. The lowest BCUT2D eigenvalue weighted by Gasteiger charge is -2.35. The third-order valence-electron chi connectivity index (χ3n) is 12.2. The van der Waals surface area contributed by atoms with Crippen molar-refractivity contribution in [1.29, 1.82) is 0 Å². The van der Waals surface area contributed by atoms with E-state index in [1.54, 1.807) is 0 Å². The van der Waals surface area contributed by atoms with Crippen LogP contribution in [0.15, 0.2) is 0 Å². The average molecular weight is 629 g/mol. The Kier molecular flexibility index (Phi) is 15.0. The molecule has 4 aliphatic rings. The van der Waals surface area contributed by atoms with Crippen molar-refractivity contribution in [3.05, 3.63) is 0 Å². The van der Waals surface area contributed by atoms with E-state index >= 15 is 0 Å². The van der Waals surface area contributed by atoms with Gasteiger partial charge in [-0.05, 0) is 127 Å². The van der Waals surface area contributed by atoms with Gasteiger partial charge in [-0.25, -0.2) is 0 Å². The van der Waals surface area contributed by atoms with E-state index in [9.17, 15) is 9.59 Å². The van der Waals surface area contributed by atoms with E-state index in [0.29, 0.717) is 30.7 Å². The van der Waals surface area contributed by atoms with Crippen LogP contribution >= 0.6 is 0 Å². The molecule has 0 unspecified atom stereocenters. The number of rotatable bonds is 14. The lowest BCUT2D eigenvalue weighted by atomic mass is 9.86. The van der Waals surface area contributed by atoms with Crippen LogP contribution in [0.2, 0.25) is 0 Å². The van der Waals surface area contributed by atoms with Crippen molar-refractivity contribution in [3.63, 3.8) is 0 Å². The minimum absolute atomic E-state index is 0.236. The van der Waals surface area contributed by atoms with Crippen LogP contribution in [0.5, 0.6) is 0 Å². The molecule has 0 N–H and O–H groups in total. The molecule has 4 saturated heterocycles. The summed E-state index contributed by atoms with van der Waals surface area (Å²) in [5.74, 6) is 4.21. The molecule has 2 amide bonds. The van der Waals surface area contributed by atoms with Crippen LogP contribution in [0.1, 0.15) is 144 Å². The highest BCUT2D eigenvalue weighted by Crippen LogP contribution is 2.30. The molecule has 6 nitrogen and oxygen atoms in total. The van der Waals surface area contributed by atoms with Crippen molar-refractivity contribution >= 4 is 11.8 Å². The lowest BCUT2D eigenvalue weighted by molar-refractivity contribution is -0.133. The van der Waals surface area contributed by atoms with Gasteiger partial charge in [0.15, 0.2) is 0 Å². The maximum absolute atomic E-state index is 13.0. The zero-order valence-corrected chi connectivity index (χ0v) is 30.4. The SMILES string of the molecule is CC(C)N1CCC(CCCC2CCN(CCC(=O)N3CCC(CCCC4CCN(C(=O)CCC(C)(C)C)CC4)CC3)CC2)CC1. The van der Waals surface area contributed by atoms with Gasteiger partial charge in [-0.15, -0.1) is 0 Å². The van der Waals surface area contributed by atoms with Crippen molar-refractivity contribution in [1.82, 2.24) is 19.6 Å². The molecule has 0 aromatic rings. The Labute approximate surface area is 278 Å². The smallest absolute Gasteiger partial charge is 0.223 e. The molecule has 6 heteroatoms. The van der Waals surface area contributed by atoms with Gasteiger partial charge < -0.3 is 19.6 Å². The minimum atomic E-state index is 0.236. The van der Waals surface area contributed by atoms with Gasteiger partial charge in [0.25, 0.3) is 0 Å². The van der Waals surface area contributed by atoms with Crippen LogP contribution in [0.3, 0.4) is 0 Å². The highest BCUT2D eigenvalue weighted by Gasteiger charge is 2.27. The van der Waals surface area contributed by atoms with Crippen LogP contribution in [-0.4, -0.2) is 96.4 Å². The third kappa shape index (κ3) is 13.1. The van der Waals surface area contributed by atoms with E-state index in [1.165, 1.54) is 116 Å². The number of likely N-dealkylation sites (tertiary alicyclic amines) is 4. The number of nitrogens with zero attached hydrogens (tertiary/aromatic N) is 4. The molecular weight excluding hydrogens is 556 g/mol. The molecule has 0 aromatic heterocycles. The second-order valence-electron chi connectivity index (χ2n) is 17.2. The highest BCUT2D eigenvalue weighted by molar-refractivity contribution is 5.76. The molecule has 0 atom stereocenters. The summed E-state index contributed by atoms with van der Waals surface area (Å²) in [6.45, 7) is 21.2. The highest BCUT2D eigenvalue weighted by atomic mass is 16.2. The molecule has 4 aliphatic heterocycles. The van der Waals surface area contributed by atoms with E-state index < -0.39 is 0 Å². The number of hydrogen-bond acceptors (Lipinski definition) is 4. The molecule has 4 heterocycles.